The van der Waals surface area contributed by atoms with Gasteiger partial charge in [0.1, 0.15) is 6.17 Å². The molecule has 2 aliphatic carbocycles. The number of nitrogens with zero attached hydrogens (tertiary/aromatic N) is 2. The first-order valence-electron chi connectivity index (χ1n) is 14.5. The second-order valence-corrected chi connectivity index (χ2v) is 12.9. The molecule has 0 aromatic carbocycles. The molecule has 3 saturated heterocycles. The van der Waals surface area contributed by atoms with E-state index in [4.69, 9.17) is 4.84 Å². The highest BCUT2D eigenvalue weighted by Gasteiger charge is 2.58. The third-order valence-corrected chi connectivity index (χ3v) is 10.3. The average molecular weight is 572 g/mol. The summed E-state index contributed by atoms with van der Waals surface area (Å²) < 4.78 is 96.4. The summed E-state index contributed by atoms with van der Waals surface area (Å²) in [6, 6.07) is -1.02. The third kappa shape index (κ3) is 6.37. The van der Waals surface area contributed by atoms with E-state index in [0.29, 0.717) is 38.8 Å². The molecule has 2 saturated carbocycles. The van der Waals surface area contributed by atoms with Crippen molar-refractivity contribution in [2.75, 3.05) is 32.8 Å². The van der Waals surface area contributed by atoms with Gasteiger partial charge < -0.3 is 14.6 Å². The number of rotatable bonds is 6. The quantitative estimate of drug-likeness (QED) is 0.436. The molecule has 3 aliphatic heterocycles. The number of halogens is 7. The van der Waals surface area contributed by atoms with Crippen LogP contribution in [0.3, 0.4) is 0 Å². The summed E-state index contributed by atoms with van der Waals surface area (Å²) in [5.74, 6) is -5.03. The maximum absolute atomic E-state index is 14.2. The van der Waals surface area contributed by atoms with E-state index in [9.17, 15) is 35.5 Å². The highest BCUT2D eigenvalue weighted by Crippen LogP contribution is 2.51. The lowest BCUT2D eigenvalue weighted by molar-refractivity contribution is -0.204. The van der Waals surface area contributed by atoms with Crippen LogP contribution in [0.25, 0.3) is 0 Å². The SMILES string of the molecule is C[C@H](CC1NOCC1C(F)(F)F)C1CCCC(N2CC3C(CC(CN4CC[C@H](F)C4)CC3C(F)(F)F)C2=O)C1. The van der Waals surface area contributed by atoms with Crippen LogP contribution >= 0.6 is 0 Å². The van der Waals surface area contributed by atoms with Crippen LogP contribution in [0.15, 0.2) is 0 Å². The summed E-state index contributed by atoms with van der Waals surface area (Å²) in [7, 11) is 0. The van der Waals surface area contributed by atoms with Gasteiger partial charge >= 0.3 is 12.4 Å². The maximum atomic E-state index is 14.2. The number of likely N-dealkylation sites (tertiary alicyclic amines) is 2. The number of hydrogen-bond donors (Lipinski definition) is 1. The standard InChI is InChI=1S/C27H40F7N3O2/c1-15(7-24-23(14-39-35-24)27(32,33)34)17-3-2-4-19(10-17)37-13-21-20(25(37)38)8-16(9-22(21)26(29,30)31)11-36-6-5-18(28)12-36/h15-24,35H,2-14H2,1H3/t15-,16?,17?,18+,19?,20?,21?,22?,23?,24?/m1/s1. The Kier molecular flexibility index (Phi) is 8.48. The molecule has 0 aromatic rings. The Hall–Kier alpha value is -1.14. The molecule has 5 nitrogen and oxygen atoms in total. The molecule has 3 heterocycles. The summed E-state index contributed by atoms with van der Waals surface area (Å²) in [5.41, 5.74) is 2.53. The highest BCUT2D eigenvalue weighted by molar-refractivity contribution is 5.82. The molecule has 0 bridgehead atoms. The Balaban J connectivity index is 1.23. The van der Waals surface area contributed by atoms with Gasteiger partial charge in [0.15, 0.2) is 0 Å². The fourth-order valence-corrected chi connectivity index (χ4v) is 8.26. The van der Waals surface area contributed by atoms with Crippen LogP contribution in [0.1, 0.15) is 58.3 Å². The van der Waals surface area contributed by atoms with Gasteiger partial charge in [-0.15, -0.1) is 0 Å². The number of alkyl halides is 7. The molecule has 10 atom stereocenters. The first kappa shape index (κ1) is 29.4. The lowest BCUT2D eigenvalue weighted by Crippen LogP contribution is -2.43. The fourth-order valence-electron chi connectivity index (χ4n) is 8.26. The van der Waals surface area contributed by atoms with E-state index < -0.39 is 54.8 Å². The zero-order chi connectivity index (χ0) is 28.1. The van der Waals surface area contributed by atoms with Crippen LogP contribution < -0.4 is 5.48 Å². The predicted molar refractivity (Wildman–Crippen MR) is 129 cm³/mol. The first-order chi connectivity index (χ1) is 18.3. The van der Waals surface area contributed by atoms with Crippen molar-refractivity contribution >= 4 is 5.91 Å². The van der Waals surface area contributed by atoms with Crippen LogP contribution in [0.2, 0.25) is 0 Å². The first-order valence-corrected chi connectivity index (χ1v) is 14.5. The van der Waals surface area contributed by atoms with Crippen molar-refractivity contribution in [1.82, 2.24) is 15.3 Å². The van der Waals surface area contributed by atoms with Gasteiger partial charge in [-0.3, -0.25) is 4.79 Å². The Bertz CT molecular complexity index is 871. The van der Waals surface area contributed by atoms with Crippen molar-refractivity contribution in [2.45, 2.75) is 88.9 Å². The molecule has 0 aromatic heterocycles. The molecule has 1 amide bonds. The molecule has 39 heavy (non-hydrogen) atoms. The summed E-state index contributed by atoms with van der Waals surface area (Å²) in [4.78, 5) is 22.1. The van der Waals surface area contributed by atoms with E-state index in [1.165, 1.54) is 0 Å². The van der Waals surface area contributed by atoms with Crippen LogP contribution in [0, 0.1) is 41.4 Å². The molecule has 5 rings (SSSR count). The number of amides is 1. The van der Waals surface area contributed by atoms with Crippen LogP contribution in [0.4, 0.5) is 30.7 Å². The van der Waals surface area contributed by atoms with Crippen molar-refractivity contribution in [3.63, 3.8) is 0 Å². The Morgan fingerprint density at radius 3 is 2.41 bits per heavy atom. The second kappa shape index (κ2) is 11.3. The van der Waals surface area contributed by atoms with Crippen molar-refractivity contribution in [2.24, 2.45) is 41.4 Å². The van der Waals surface area contributed by atoms with Crippen LogP contribution in [-0.2, 0) is 9.63 Å². The number of carbonyl (C=O) groups excluding carboxylic acids is 1. The summed E-state index contributed by atoms with van der Waals surface area (Å²) >= 11 is 0. The van der Waals surface area contributed by atoms with Gasteiger partial charge in [-0.2, -0.15) is 31.8 Å². The molecule has 0 radical (unpaired) electrons. The monoisotopic (exact) mass is 571 g/mol. The zero-order valence-corrected chi connectivity index (χ0v) is 22.3. The third-order valence-electron chi connectivity index (χ3n) is 10.3. The smallest absolute Gasteiger partial charge is 0.339 e. The Morgan fingerprint density at radius 1 is 1.00 bits per heavy atom. The van der Waals surface area contributed by atoms with Gasteiger partial charge in [0.2, 0.25) is 5.91 Å². The lowest BCUT2D eigenvalue weighted by atomic mass is 9.68. The highest BCUT2D eigenvalue weighted by atomic mass is 19.4. The molecule has 12 heteroatoms. The topological polar surface area (TPSA) is 44.8 Å². The Morgan fingerprint density at radius 2 is 1.74 bits per heavy atom. The zero-order valence-electron chi connectivity index (χ0n) is 22.3. The fraction of sp³-hybridized carbons (Fsp3) is 0.963. The molecule has 8 unspecified atom stereocenters. The second-order valence-electron chi connectivity index (χ2n) is 12.9. The van der Waals surface area contributed by atoms with Gasteiger partial charge in [-0.05, 0) is 62.2 Å². The van der Waals surface area contributed by atoms with E-state index in [1.54, 1.807) is 4.90 Å². The van der Waals surface area contributed by atoms with Gasteiger partial charge in [0, 0.05) is 44.2 Å². The number of hydroxylamine groups is 1. The van der Waals surface area contributed by atoms with E-state index in [-0.39, 0.29) is 55.6 Å². The number of carbonyl (C=O) groups is 1. The molecule has 0 spiro atoms. The summed E-state index contributed by atoms with van der Waals surface area (Å²) in [5, 5.41) is 0. The average Bonchev–Trinajstić information content (AvgIpc) is 3.57. The summed E-state index contributed by atoms with van der Waals surface area (Å²) in [6.07, 6.45) is -5.71. The molecule has 5 aliphatic rings. The molecule has 5 fully saturated rings. The minimum atomic E-state index is -4.40. The normalized spacial score (nSPS) is 41.3. The molecule has 1 N–H and O–H groups in total. The minimum Gasteiger partial charge on any atom is -0.339 e. The number of fused-ring (bicyclic) bond motifs is 1. The summed E-state index contributed by atoms with van der Waals surface area (Å²) in [6.45, 7) is 2.79. The Labute approximate surface area is 225 Å². The molecular formula is C27H40F7N3O2. The number of nitrogens with one attached hydrogen (secondary N) is 1. The lowest BCUT2D eigenvalue weighted by Gasteiger charge is -2.39. The maximum Gasteiger partial charge on any atom is 0.395 e. The van der Waals surface area contributed by atoms with E-state index in [0.717, 1.165) is 12.8 Å². The van der Waals surface area contributed by atoms with Crippen molar-refractivity contribution < 1.29 is 40.4 Å². The van der Waals surface area contributed by atoms with Crippen molar-refractivity contribution in [1.29, 1.82) is 0 Å². The van der Waals surface area contributed by atoms with Gasteiger partial charge in [-0.1, -0.05) is 19.8 Å². The predicted octanol–water partition coefficient (Wildman–Crippen LogP) is 5.36. The molecule has 224 valence electrons. The van der Waals surface area contributed by atoms with E-state index in [2.05, 4.69) is 5.48 Å². The van der Waals surface area contributed by atoms with E-state index >= 15 is 0 Å². The largest absolute Gasteiger partial charge is 0.395 e. The van der Waals surface area contributed by atoms with Gasteiger partial charge in [0.25, 0.3) is 0 Å². The van der Waals surface area contributed by atoms with Gasteiger partial charge in [0.05, 0.1) is 18.4 Å². The van der Waals surface area contributed by atoms with E-state index in [1.807, 2.05) is 11.8 Å². The van der Waals surface area contributed by atoms with Gasteiger partial charge in [-0.25, -0.2) is 4.39 Å². The van der Waals surface area contributed by atoms with Crippen molar-refractivity contribution in [3.05, 3.63) is 0 Å². The van der Waals surface area contributed by atoms with Crippen molar-refractivity contribution in [3.8, 4) is 0 Å². The molecular weight excluding hydrogens is 531 g/mol. The number of hydrogen-bond acceptors (Lipinski definition) is 4. The van der Waals surface area contributed by atoms with Crippen LogP contribution in [0.5, 0.6) is 0 Å². The minimum absolute atomic E-state index is 0.0274. The van der Waals surface area contributed by atoms with Crippen LogP contribution in [-0.4, -0.2) is 79.1 Å².